The first-order chi connectivity index (χ1) is 12.0. The molecule has 0 aliphatic heterocycles. The Morgan fingerprint density at radius 1 is 0.840 bits per heavy atom. The summed E-state index contributed by atoms with van der Waals surface area (Å²) in [5, 5.41) is 19.6. The van der Waals surface area contributed by atoms with Gasteiger partial charge in [-0.05, 0) is 31.2 Å². The van der Waals surface area contributed by atoms with Gasteiger partial charge >= 0.3 is 11.9 Å². The number of benzene rings is 2. The van der Waals surface area contributed by atoms with Crippen molar-refractivity contribution >= 4 is 11.9 Å². The van der Waals surface area contributed by atoms with Gasteiger partial charge in [0.2, 0.25) is 0 Å². The van der Waals surface area contributed by atoms with E-state index in [1.54, 1.807) is 60.7 Å². The van der Waals surface area contributed by atoms with Crippen LogP contribution in [0.2, 0.25) is 0 Å². The van der Waals surface area contributed by atoms with E-state index < -0.39 is 30.4 Å². The summed E-state index contributed by atoms with van der Waals surface area (Å²) in [5.74, 6) is -1.48. The molecule has 0 saturated heterocycles. The Balaban J connectivity index is 2.12. The molecule has 132 valence electrons. The Morgan fingerprint density at radius 3 is 1.60 bits per heavy atom. The van der Waals surface area contributed by atoms with E-state index in [4.69, 9.17) is 9.47 Å². The summed E-state index contributed by atoms with van der Waals surface area (Å²) < 4.78 is 10.3. The Morgan fingerprint density at radius 2 is 1.24 bits per heavy atom. The molecule has 25 heavy (non-hydrogen) atoms. The highest BCUT2D eigenvalue weighted by atomic mass is 16.7. The van der Waals surface area contributed by atoms with Crippen LogP contribution in [0, 0.1) is 0 Å². The SMILES string of the molecule is C[C@@H](O)C[C@@H](O)C(OC(=O)c1ccccc1)OC(=O)c1ccccc1. The number of aliphatic hydroxyl groups is 2. The maximum atomic E-state index is 12.2. The van der Waals surface area contributed by atoms with Crippen molar-refractivity contribution in [2.75, 3.05) is 0 Å². The molecule has 0 amide bonds. The standard InChI is InChI=1S/C19H20O6/c1-13(20)12-16(21)19(24-17(22)14-8-4-2-5-9-14)25-18(23)15-10-6-3-7-11-15/h2-11,13,16,19-21H,12H2,1H3/t13-,16-/m1/s1. The lowest BCUT2D eigenvalue weighted by Crippen LogP contribution is -2.37. The quantitative estimate of drug-likeness (QED) is 0.591. The molecule has 2 N–H and O–H groups in total. The first-order valence-electron chi connectivity index (χ1n) is 7.85. The first-order valence-corrected chi connectivity index (χ1v) is 7.85. The second-order valence-corrected chi connectivity index (χ2v) is 5.56. The van der Waals surface area contributed by atoms with Crippen molar-refractivity contribution in [2.45, 2.75) is 31.8 Å². The van der Waals surface area contributed by atoms with E-state index in [-0.39, 0.29) is 17.5 Å². The lowest BCUT2D eigenvalue weighted by Gasteiger charge is -2.24. The zero-order valence-corrected chi connectivity index (χ0v) is 13.7. The van der Waals surface area contributed by atoms with Crippen LogP contribution in [0.4, 0.5) is 0 Å². The van der Waals surface area contributed by atoms with Gasteiger partial charge in [-0.1, -0.05) is 36.4 Å². The fraction of sp³-hybridized carbons (Fsp3) is 0.263. The predicted molar refractivity (Wildman–Crippen MR) is 89.8 cm³/mol. The lowest BCUT2D eigenvalue weighted by atomic mass is 10.1. The molecule has 6 nitrogen and oxygen atoms in total. The molecule has 0 radical (unpaired) electrons. The monoisotopic (exact) mass is 344 g/mol. The van der Waals surface area contributed by atoms with Crippen LogP contribution in [0.5, 0.6) is 0 Å². The number of hydrogen-bond donors (Lipinski definition) is 2. The summed E-state index contributed by atoms with van der Waals surface area (Å²) >= 11 is 0. The first kappa shape index (κ1) is 18.6. The van der Waals surface area contributed by atoms with Crippen LogP contribution in [0.15, 0.2) is 60.7 Å². The molecule has 2 rings (SSSR count). The molecular weight excluding hydrogens is 324 g/mol. The molecule has 0 saturated carbocycles. The fourth-order valence-electron chi connectivity index (χ4n) is 2.14. The van der Waals surface area contributed by atoms with E-state index in [9.17, 15) is 19.8 Å². The lowest BCUT2D eigenvalue weighted by molar-refractivity contribution is -0.143. The van der Waals surface area contributed by atoms with Crippen molar-refractivity contribution in [3.05, 3.63) is 71.8 Å². The molecular formula is C19H20O6. The normalized spacial score (nSPS) is 13.1. The van der Waals surface area contributed by atoms with Gasteiger partial charge in [0.15, 0.2) is 0 Å². The average molecular weight is 344 g/mol. The summed E-state index contributed by atoms with van der Waals surface area (Å²) in [7, 11) is 0. The Kier molecular flexibility index (Phi) is 6.68. The van der Waals surface area contributed by atoms with Crippen LogP contribution < -0.4 is 0 Å². The number of carbonyl (C=O) groups is 2. The van der Waals surface area contributed by atoms with Crippen molar-refractivity contribution in [1.29, 1.82) is 0 Å². The molecule has 2 aromatic rings. The third kappa shape index (κ3) is 5.70. The van der Waals surface area contributed by atoms with Crippen molar-refractivity contribution in [2.24, 2.45) is 0 Å². The number of esters is 2. The highest BCUT2D eigenvalue weighted by Gasteiger charge is 2.29. The van der Waals surface area contributed by atoms with Gasteiger partial charge < -0.3 is 19.7 Å². The van der Waals surface area contributed by atoms with E-state index in [1.165, 1.54) is 6.92 Å². The van der Waals surface area contributed by atoms with Crippen molar-refractivity contribution in [3.8, 4) is 0 Å². The van der Waals surface area contributed by atoms with Gasteiger partial charge in [-0.2, -0.15) is 0 Å². The molecule has 6 heteroatoms. The van der Waals surface area contributed by atoms with Crippen LogP contribution in [-0.2, 0) is 9.47 Å². The van der Waals surface area contributed by atoms with Crippen LogP contribution in [0.3, 0.4) is 0 Å². The minimum Gasteiger partial charge on any atom is -0.419 e. The molecule has 0 heterocycles. The number of carbonyl (C=O) groups excluding carboxylic acids is 2. The van der Waals surface area contributed by atoms with E-state index in [2.05, 4.69) is 0 Å². The summed E-state index contributed by atoms with van der Waals surface area (Å²) in [5.41, 5.74) is 0.514. The van der Waals surface area contributed by atoms with Gasteiger partial charge in [0.1, 0.15) is 6.10 Å². The largest absolute Gasteiger partial charge is 0.419 e. The number of ether oxygens (including phenoxy) is 2. The maximum Gasteiger partial charge on any atom is 0.341 e. The van der Waals surface area contributed by atoms with E-state index in [1.807, 2.05) is 0 Å². The molecule has 0 aromatic heterocycles. The number of aliphatic hydroxyl groups excluding tert-OH is 2. The molecule has 0 bridgehead atoms. The van der Waals surface area contributed by atoms with Gasteiger partial charge in [0.05, 0.1) is 17.2 Å². The summed E-state index contributed by atoms with van der Waals surface area (Å²) in [4.78, 5) is 24.4. The summed E-state index contributed by atoms with van der Waals surface area (Å²) in [6.45, 7) is 1.47. The second-order valence-electron chi connectivity index (χ2n) is 5.56. The third-order valence-corrected chi connectivity index (χ3v) is 3.36. The molecule has 2 atom stereocenters. The van der Waals surface area contributed by atoms with E-state index in [0.717, 1.165) is 0 Å². The van der Waals surface area contributed by atoms with Gasteiger partial charge in [0, 0.05) is 6.42 Å². The van der Waals surface area contributed by atoms with E-state index >= 15 is 0 Å². The number of hydrogen-bond acceptors (Lipinski definition) is 6. The minimum absolute atomic E-state index is 0.116. The fourth-order valence-corrected chi connectivity index (χ4v) is 2.14. The highest BCUT2D eigenvalue weighted by molar-refractivity contribution is 5.91. The Bertz CT molecular complexity index is 630. The van der Waals surface area contributed by atoms with Crippen molar-refractivity contribution < 1.29 is 29.3 Å². The van der Waals surface area contributed by atoms with Gasteiger partial charge in [-0.3, -0.25) is 0 Å². The van der Waals surface area contributed by atoms with Crippen LogP contribution in [-0.4, -0.2) is 40.6 Å². The zero-order valence-electron chi connectivity index (χ0n) is 13.7. The summed E-state index contributed by atoms with van der Waals surface area (Å²) in [6, 6.07) is 16.3. The van der Waals surface area contributed by atoms with Crippen LogP contribution in [0.25, 0.3) is 0 Å². The van der Waals surface area contributed by atoms with Gasteiger partial charge in [0.25, 0.3) is 6.29 Å². The molecule has 0 unspecified atom stereocenters. The molecule has 0 aliphatic rings. The van der Waals surface area contributed by atoms with Crippen LogP contribution >= 0.6 is 0 Å². The van der Waals surface area contributed by atoms with Gasteiger partial charge in [-0.15, -0.1) is 0 Å². The Labute approximate surface area is 145 Å². The Hall–Kier alpha value is -2.70. The highest BCUT2D eigenvalue weighted by Crippen LogP contribution is 2.14. The zero-order chi connectivity index (χ0) is 18.2. The molecule has 0 spiro atoms. The van der Waals surface area contributed by atoms with Crippen molar-refractivity contribution in [1.82, 2.24) is 0 Å². The second kappa shape index (κ2) is 8.96. The molecule has 2 aromatic carbocycles. The van der Waals surface area contributed by atoms with Gasteiger partial charge in [-0.25, -0.2) is 9.59 Å². The predicted octanol–water partition coefficient (Wildman–Crippen LogP) is 2.16. The molecule has 0 fully saturated rings. The number of rotatable bonds is 7. The average Bonchev–Trinajstić information content (AvgIpc) is 2.62. The maximum absolute atomic E-state index is 12.2. The molecule has 0 aliphatic carbocycles. The van der Waals surface area contributed by atoms with Crippen molar-refractivity contribution in [3.63, 3.8) is 0 Å². The smallest absolute Gasteiger partial charge is 0.341 e. The van der Waals surface area contributed by atoms with E-state index in [0.29, 0.717) is 0 Å². The summed E-state index contributed by atoms with van der Waals surface area (Å²) in [6.07, 6.45) is -3.87. The van der Waals surface area contributed by atoms with Crippen LogP contribution in [0.1, 0.15) is 34.1 Å². The third-order valence-electron chi connectivity index (χ3n) is 3.36. The topological polar surface area (TPSA) is 93.1 Å². The minimum atomic E-state index is -1.53.